The monoisotopic (exact) mass is 898 g/mol. The smallest absolute Gasteiger partial charge is 0.0727 e. The normalized spacial score (nSPS) is 13.2. The highest BCUT2D eigenvalue weighted by Crippen LogP contribution is 2.64. The van der Waals surface area contributed by atoms with Gasteiger partial charge in [-0.2, -0.15) is 0 Å². The Morgan fingerprint density at radius 1 is 0.239 bits per heavy atom. The van der Waals surface area contributed by atoms with Crippen LogP contribution < -0.4 is 0 Å². The van der Waals surface area contributed by atoms with Gasteiger partial charge in [0, 0.05) is 32.9 Å². The first-order chi connectivity index (χ1) is 35.2. The summed E-state index contributed by atoms with van der Waals surface area (Å²) in [7, 11) is 0. The third-order valence-electron chi connectivity index (χ3n) is 16.1. The van der Waals surface area contributed by atoms with Crippen molar-refractivity contribution in [2.45, 2.75) is 5.41 Å². The molecule has 12 aromatic carbocycles. The topological polar surface area (TPSA) is 9.86 Å². The number of rotatable bonds is 4. The van der Waals surface area contributed by atoms with Crippen LogP contribution in [0.5, 0.6) is 0 Å². The summed E-state index contributed by atoms with van der Waals surface area (Å²) in [6.07, 6.45) is 0. The zero-order valence-electron chi connectivity index (χ0n) is 38.6. The first-order valence-corrected chi connectivity index (χ1v) is 24.7. The second-order valence-corrected chi connectivity index (χ2v) is 19.5. The standard InChI is InChI=1S/C69H42N2/c1-3-15-43(16-4-1)45-27-33-49(34-28-45)70-63-37-31-47-19-7-9-21-51(47)67(63)57-39-55-56-40-58-66(42-62(56)69(61(55)41-65(57)70)59-25-13-11-23-53(59)54-24-12-14-26-60(54)69)71(64-38-32-48-20-8-10-22-52(48)68(58)64)50-35-29-46(30-36-50)44-17-5-2-6-18-44/h1-42H. The Bertz CT molecular complexity index is 4240. The average Bonchev–Trinajstić information content (AvgIpc) is 4.14. The van der Waals surface area contributed by atoms with Crippen molar-refractivity contribution in [3.63, 3.8) is 0 Å². The lowest BCUT2D eigenvalue weighted by Crippen LogP contribution is -2.26. The number of benzene rings is 12. The lowest BCUT2D eigenvalue weighted by molar-refractivity contribution is 0.795. The molecular weight excluding hydrogens is 857 g/mol. The van der Waals surface area contributed by atoms with Crippen LogP contribution in [-0.2, 0) is 5.41 Å². The molecule has 2 heterocycles. The fourth-order valence-electron chi connectivity index (χ4n) is 13.1. The number of fused-ring (bicyclic) bond motifs is 20. The van der Waals surface area contributed by atoms with Crippen molar-refractivity contribution in [1.29, 1.82) is 0 Å². The van der Waals surface area contributed by atoms with Crippen molar-refractivity contribution in [1.82, 2.24) is 9.13 Å². The Labute approximate surface area is 410 Å². The zero-order valence-corrected chi connectivity index (χ0v) is 38.6. The van der Waals surface area contributed by atoms with E-state index in [-0.39, 0.29) is 0 Å². The number of hydrogen-bond donors (Lipinski definition) is 0. The fraction of sp³-hybridized carbons (Fsp3) is 0.0145. The molecule has 0 atom stereocenters. The lowest BCUT2D eigenvalue weighted by Gasteiger charge is -2.30. The van der Waals surface area contributed by atoms with Crippen molar-refractivity contribution >= 4 is 65.2 Å². The van der Waals surface area contributed by atoms with E-state index >= 15 is 0 Å². The van der Waals surface area contributed by atoms with Crippen LogP contribution in [0.3, 0.4) is 0 Å². The molecule has 0 amide bonds. The van der Waals surface area contributed by atoms with E-state index in [1.807, 2.05) is 0 Å². The molecule has 2 aliphatic rings. The summed E-state index contributed by atoms with van der Waals surface area (Å²) in [5.41, 5.74) is 21.9. The molecular formula is C69H42N2. The molecule has 0 N–H and O–H groups in total. The third kappa shape index (κ3) is 5.21. The van der Waals surface area contributed by atoms with Crippen LogP contribution in [0.1, 0.15) is 22.3 Å². The molecule has 0 bridgehead atoms. The van der Waals surface area contributed by atoms with Crippen molar-refractivity contribution in [3.8, 4) is 55.9 Å². The van der Waals surface area contributed by atoms with Crippen molar-refractivity contribution in [3.05, 3.63) is 277 Å². The lowest BCUT2D eigenvalue weighted by atomic mass is 9.70. The molecule has 0 saturated heterocycles. The van der Waals surface area contributed by atoms with Crippen LogP contribution in [0.2, 0.25) is 0 Å². The van der Waals surface area contributed by atoms with Gasteiger partial charge in [0.2, 0.25) is 0 Å². The molecule has 71 heavy (non-hydrogen) atoms. The summed E-state index contributed by atoms with van der Waals surface area (Å²) >= 11 is 0. The van der Waals surface area contributed by atoms with E-state index in [9.17, 15) is 0 Å². The van der Waals surface area contributed by atoms with Crippen LogP contribution in [0.4, 0.5) is 0 Å². The van der Waals surface area contributed by atoms with Gasteiger partial charge in [-0.15, -0.1) is 0 Å². The number of hydrogen-bond acceptors (Lipinski definition) is 0. The zero-order chi connectivity index (χ0) is 46.4. The minimum absolute atomic E-state index is 0.582. The van der Waals surface area contributed by atoms with Gasteiger partial charge in [-0.25, -0.2) is 0 Å². The maximum Gasteiger partial charge on any atom is 0.0727 e. The molecule has 0 unspecified atom stereocenters. The molecule has 2 aromatic heterocycles. The van der Waals surface area contributed by atoms with E-state index in [1.54, 1.807) is 0 Å². The van der Waals surface area contributed by atoms with E-state index in [4.69, 9.17) is 0 Å². The van der Waals surface area contributed by atoms with Gasteiger partial charge >= 0.3 is 0 Å². The van der Waals surface area contributed by atoms with Gasteiger partial charge in [-0.1, -0.05) is 194 Å². The predicted octanol–water partition coefficient (Wildman–Crippen LogP) is 17.9. The Morgan fingerprint density at radius 2 is 0.620 bits per heavy atom. The molecule has 1 spiro atoms. The van der Waals surface area contributed by atoms with E-state index in [0.717, 1.165) is 11.4 Å². The van der Waals surface area contributed by atoms with Gasteiger partial charge < -0.3 is 9.13 Å². The van der Waals surface area contributed by atoms with Crippen molar-refractivity contribution in [2.24, 2.45) is 0 Å². The van der Waals surface area contributed by atoms with Gasteiger partial charge in [0.05, 0.1) is 27.5 Å². The van der Waals surface area contributed by atoms with Crippen LogP contribution in [0.15, 0.2) is 255 Å². The Hall–Kier alpha value is -9.24. The summed E-state index contributed by atoms with van der Waals surface area (Å²) < 4.78 is 5.05. The molecule has 2 nitrogen and oxygen atoms in total. The minimum Gasteiger partial charge on any atom is -0.309 e. The summed E-state index contributed by atoms with van der Waals surface area (Å²) in [6.45, 7) is 0. The molecule has 2 heteroatoms. The van der Waals surface area contributed by atoms with Crippen LogP contribution in [0.25, 0.3) is 121 Å². The van der Waals surface area contributed by atoms with E-state index in [1.165, 1.54) is 132 Å². The van der Waals surface area contributed by atoms with Gasteiger partial charge in [0.15, 0.2) is 0 Å². The predicted molar refractivity (Wildman–Crippen MR) is 297 cm³/mol. The van der Waals surface area contributed by atoms with Gasteiger partial charge in [0.1, 0.15) is 0 Å². The molecule has 2 aliphatic carbocycles. The minimum atomic E-state index is -0.582. The molecule has 0 fully saturated rings. The third-order valence-corrected chi connectivity index (χ3v) is 16.1. The maximum absolute atomic E-state index is 2.58. The number of aromatic nitrogens is 2. The van der Waals surface area contributed by atoms with Crippen LogP contribution in [0, 0.1) is 0 Å². The first-order valence-electron chi connectivity index (χ1n) is 24.7. The molecule has 14 aromatic rings. The van der Waals surface area contributed by atoms with Gasteiger partial charge in [0.25, 0.3) is 0 Å². The van der Waals surface area contributed by atoms with E-state index < -0.39 is 5.41 Å². The highest BCUT2D eigenvalue weighted by atomic mass is 15.0. The Morgan fingerprint density at radius 3 is 1.07 bits per heavy atom. The van der Waals surface area contributed by atoms with E-state index in [2.05, 4.69) is 264 Å². The largest absolute Gasteiger partial charge is 0.309 e. The highest BCUT2D eigenvalue weighted by molar-refractivity contribution is 6.25. The highest BCUT2D eigenvalue weighted by Gasteiger charge is 2.52. The molecule has 0 radical (unpaired) electrons. The average molecular weight is 899 g/mol. The molecule has 0 aliphatic heterocycles. The fourth-order valence-corrected chi connectivity index (χ4v) is 13.1. The maximum atomic E-state index is 2.58. The number of nitrogens with zero attached hydrogens (tertiary/aromatic N) is 2. The van der Waals surface area contributed by atoms with E-state index in [0.29, 0.717) is 0 Å². The molecule has 16 rings (SSSR count). The van der Waals surface area contributed by atoms with Crippen molar-refractivity contribution in [2.75, 3.05) is 0 Å². The van der Waals surface area contributed by atoms with Gasteiger partial charge in [-0.05, 0) is 149 Å². The van der Waals surface area contributed by atoms with Gasteiger partial charge in [-0.3, -0.25) is 0 Å². The second-order valence-electron chi connectivity index (χ2n) is 19.5. The summed E-state index contributed by atoms with van der Waals surface area (Å²) in [5, 5.41) is 10.1. The van der Waals surface area contributed by atoms with Crippen LogP contribution >= 0.6 is 0 Å². The Kier molecular flexibility index (Phi) is 7.85. The summed E-state index contributed by atoms with van der Waals surface area (Å²) in [5.74, 6) is 0. The summed E-state index contributed by atoms with van der Waals surface area (Å²) in [6, 6.07) is 95.5. The SMILES string of the molecule is c1ccc(-c2ccc(-n3c4cc5c(cc4c4c6ccccc6ccc43)-c3cc4c6c7ccccc7ccc6n(-c6ccc(-c7ccccc7)cc6)c4cc3C53c4ccccc4-c4ccccc43)cc2)cc1. The first kappa shape index (κ1) is 38.7. The Balaban J connectivity index is 1.05. The molecule has 328 valence electrons. The molecule has 0 saturated carbocycles. The van der Waals surface area contributed by atoms with Crippen LogP contribution in [-0.4, -0.2) is 9.13 Å². The second kappa shape index (κ2) is 14.4. The van der Waals surface area contributed by atoms with Crippen molar-refractivity contribution < 1.29 is 0 Å². The quantitative estimate of drug-likeness (QED) is 0.167. The summed E-state index contributed by atoms with van der Waals surface area (Å²) in [4.78, 5) is 0.